The van der Waals surface area contributed by atoms with Crippen LogP contribution in [-0.2, 0) is 0 Å². The molecule has 0 radical (unpaired) electrons. The molecule has 2 heteroatoms. The number of nitrogens with zero attached hydrogens (tertiary/aromatic N) is 1. The molecule has 0 aromatic heterocycles. The molecule has 0 spiro atoms. The Kier molecular flexibility index (Phi) is 12.0. The second-order valence-corrected chi connectivity index (χ2v) is 21.0. The predicted octanol–water partition coefficient (Wildman–Crippen LogP) is 7.56. The quantitative estimate of drug-likeness (QED) is 0.225. The molecular formula is C21H43NSn. The van der Waals surface area contributed by atoms with Gasteiger partial charge >= 0.3 is 151 Å². The third kappa shape index (κ3) is 7.48. The van der Waals surface area contributed by atoms with Crippen molar-refractivity contribution in [2.45, 2.75) is 124 Å². The standard InChI is InChI=1S/C9H16N.3C4H9.Sn/c1-2-8-10-9-6-4-3-5-7-9;3*1-3-4-2;/h9H,2-7H2,1H3;3*1,3-4H2,2H3;. The van der Waals surface area contributed by atoms with Gasteiger partial charge in [0.1, 0.15) is 0 Å². The first-order chi connectivity index (χ1) is 11.2. The van der Waals surface area contributed by atoms with E-state index in [0.29, 0.717) is 6.04 Å². The molecule has 1 saturated carbocycles. The average molecular weight is 428 g/mol. The van der Waals surface area contributed by atoms with Crippen molar-refractivity contribution in [3.63, 3.8) is 0 Å². The number of hydrogen-bond acceptors (Lipinski definition) is 1. The molecule has 0 saturated heterocycles. The summed E-state index contributed by atoms with van der Waals surface area (Å²) in [5.74, 6) is 0. The van der Waals surface area contributed by atoms with Gasteiger partial charge < -0.3 is 0 Å². The number of aliphatic imine (C=N–C) groups is 1. The van der Waals surface area contributed by atoms with Gasteiger partial charge in [-0.25, -0.2) is 0 Å². The summed E-state index contributed by atoms with van der Waals surface area (Å²) in [7, 11) is 0. The number of rotatable bonds is 12. The molecule has 136 valence electrons. The second-order valence-electron chi connectivity index (χ2n) is 7.81. The topological polar surface area (TPSA) is 12.4 Å². The normalized spacial score (nSPS) is 17.7. The summed E-state index contributed by atoms with van der Waals surface area (Å²) in [4.78, 5) is 5.50. The van der Waals surface area contributed by atoms with Crippen molar-refractivity contribution >= 4 is 22.1 Å². The maximum atomic E-state index is 5.50. The Hall–Kier alpha value is 0.469. The predicted molar refractivity (Wildman–Crippen MR) is 109 cm³/mol. The third-order valence-corrected chi connectivity index (χ3v) is 22.0. The van der Waals surface area contributed by atoms with Crippen LogP contribution in [0.25, 0.3) is 0 Å². The van der Waals surface area contributed by atoms with Crippen molar-refractivity contribution < 1.29 is 0 Å². The Bertz CT molecular complexity index is 296. The third-order valence-electron chi connectivity index (χ3n) is 5.89. The molecule has 1 aliphatic carbocycles. The number of hydrogen-bond donors (Lipinski definition) is 0. The van der Waals surface area contributed by atoms with E-state index in [2.05, 4.69) is 27.7 Å². The first kappa shape index (κ1) is 21.5. The van der Waals surface area contributed by atoms with Crippen molar-refractivity contribution in [2.75, 3.05) is 0 Å². The van der Waals surface area contributed by atoms with E-state index >= 15 is 0 Å². The summed E-state index contributed by atoms with van der Waals surface area (Å²) in [6.07, 6.45) is 16.8. The number of unbranched alkanes of at least 4 members (excludes halogenated alkanes) is 3. The van der Waals surface area contributed by atoms with E-state index in [0.717, 1.165) is 0 Å². The van der Waals surface area contributed by atoms with Crippen LogP contribution in [0.3, 0.4) is 0 Å². The molecule has 0 atom stereocenters. The molecule has 1 fully saturated rings. The van der Waals surface area contributed by atoms with E-state index in [9.17, 15) is 0 Å². The maximum absolute atomic E-state index is 5.50. The molecule has 1 aliphatic rings. The van der Waals surface area contributed by atoms with E-state index < -0.39 is 18.4 Å². The zero-order chi connectivity index (χ0) is 17.0. The van der Waals surface area contributed by atoms with Gasteiger partial charge in [-0.2, -0.15) is 0 Å². The molecular weight excluding hydrogens is 385 g/mol. The molecule has 1 rings (SSSR count). The van der Waals surface area contributed by atoms with Crippen molar-refractivity contribution in [2.24, 2.45) is 4.99 Å². The van der Waals surface area contributed by atoms with Crippen LogP contribution < -0.4 is 0 Å². The summed E-state index contributed by atoms with van der Waals surface area (Å²) >= 11 is -2.22. The molecule has 1 nitrogen and oxygen atoms in total. The van der Waals surface area contributed by atoms with Crippen LogP contribution in [-0.4, -0.2) is 28.1 Å². The molecule has 0 N–H and O–H groups in total. The molecule has 0 aromatic carbocycles. The van der Waals surface area contributed by atoms with E-state index in [1.54, 1.807) is 17.0 Å². The zero-order valence-electron chi connectivity index (χ0n) is 16.6. The Morgan fingerprint density at radius 1 is 0.783 bits per heavy atom. The minimum atomic E-state index is -2.22. The van der Waals surface area contributed by atoms with E-state index in [1.165, 1.54) is 77.0 Å². The summed E-state index contributed by atoms with van der Waals surface area (Å²) in [5.41, 5.74) is 0. The summed E-state index contributed by atoms with van der Waals surface area (Å²) < 4.78 is 6.57. The van der Waals surface area contributed by atoms with Gasteiger partial charge in [0.05, 0.1) is 0 Å². The molecule has 0 bridgehead atoms. The van der Waals surface area contributed by atoms with Crippen LogP contribution in [0, 0.1) is 0 Å². The van der Waals surface area contributed by atoms with Gasteiger partial charge in [-0.15, -0.1) is 0 Å². The van der Waals surface area contributed by atoms with Crippen molar-refractivity contribution in [3.05, 3.63) is 0 Å². The SMILES string of the molecule is CCC[CH2][Sn]([CH2]CCC)([CH2]CCC)[C](CC)=NC1CCCCC1. The Balaban J connectivity index is 2.99. The fourth-order valence-electron chi connectivity index (χ4n) is 4.39. The Morgan fingerprint density at radius 3 is 1.65 bits per heavy atom. The minimum absolute atomic E-state index is 0.694. The van der Waals surface area contributed by atoms with E-state index in [1.807, 2.05) is 0 Å². The average Bonchev–Trinajstić information content (AvgIpc) is 2.60. The summed E-state index contributed by atoms with van der Waals surface area (Å²) in [6.45, 7) is 9.54. The van der Waals surface area contributed by atoms with Gasteiger partial charge in [0.25, 0.3) is 0 Å². The van der Waals surface area contributed by atoms with Crippen LogP contribution in [0.15, 0.2) is 4.99 Å². The zero-order valence-corrected chi connectivity index (χ0v) is 19.5. The molecule has 0 aromatic rings. The van der Waals surface area contributed by atoms with Crippen LogP contribution in [0.2, 0.25) is 13.3 Å². The first-order valence-corrected chi connectivity index (χ1v) is 18.3. The van der Waals surface area contributed by atoms with Gasteiger partial charge in [0.15, 0.2) is 0 Å². The van der Waals surface area contributed by atoms with Crippen molar-refractivity contribution in [1.29, 1.82) is 0 Å². The van der Waals surface area contributed by atoms with Crippen LogP contribution >= 0.6 is 0 Å². The fraction of sp³-hybridized carbons (Fsp3) is 0.952. The summed E-state index contributed by atoms with van der Waals surface area (Å²) in [5, 5.41) is 0. The van der Waals surface area contributed by atoms with Gasteiger partial charge in [0.2, 0.25) is 0 Å². The molecule has 0 unspecified atom stereocenters. The van der Waals surface area contributed by atoms with Gasteiger partial charge in [-0.3, -0.25) is 0 Å². The van der Waals surface area contributed by atoms with Crippen LogP contribution in [0.5, 0.6) is 0 Å². The van der Waals surface area contributed by atoms with Crippen LogP contribution in [0.1, 0.15) is 105 Å². The van der Waals surface area contributed by atoms with Gasteiger partial charge in [-0.05, 0) is 0 Å². The Labute approximate surface area is 151 Å². The van der Waals surface area contributed by atoms with Crippen molar-refractivity contribution in [3.8, 4) is 0 Å². The van der Waals surface area contributed by atoms with Gasteiger partial charge in [-0.1, -0.05) is 0 Å². The molecule has 23 heavy (non-hydrogen) atoms. The fourth-order valence-corrected chi connectivity index (χ4v) is 21.3. The molecule has 0 aliphatic heterocycles. The Morgan fingerprint density at radius 2 is 1.26 bits per heavy atom. The second kappa shape index (κ2) is 12.8. The molecule has 0 heterocycles. The monoisotopic (exact) mass is 429 g/mol. The van der Waals surface area contributed by atoms with E-state index in [-0.39, 0.29) is 0 Å². The van der Waals surface area contributed by atoms with Crippen molar-refractivity contribution in [1.82, 2.24) is 0 Å². The van der Waals surface area contributed by atoms with E-state index in [4.69, 9.17) is 4.99 Å². The van der Waals surface area contributed by atoms with Crippen LogP contribution in [0.4, 0.5) is 0 Å². The van der Waals surface area contributed by atoms with Gasteiger partial charge in [0, 0.05) is 0 Å². The first-order valence-electron chi connectivity index (χ1n) is 10.8. The molecule has 0 amide bonds. The summed E-state index contributed by atoms with van der Waals surface area (Å²) in [6, 6.07) is 0.694.